The molecule has 2 saturated heterocycles. The zero-order valence-electron chi connectivity index (χ0n) is 19.5. The van der Waals surface area contributed by atoms with E-state index >= 15 is 0 Å². The smallest absolute Gasteiger partial charge is 0.291 e. The first-order valence-electron chi connectivity index (χ1n) is 11.9. The number of rotatable bonds is 4. The van der Waals surface area contributed by atoms with Gasteiger partial charge in [-0.25, -0.2) is 0 Å². The third-order valence-electron chi connectivity index (χ3n) is 7.14. The Labute approximate surface area is 198 Å². The van der Waals surface area contributed by atoms with Crippen LogP contribution in [0.4, 0.5) is 0 Å². The first kappa shape index (κ1) is 22.3. The largest absolute Gasteiger partial charge is 0.343 e. The van der Waals surface area contributed by atoms with E-state index in [1.54, 1.807) is 11.6 Å². The molecule has 5 rings (SSSR count). The molecular weight excluding hydrogens is 440 g/mol. The molecular formula is C24H31ClN6O2. The molecule has 0 bridgehead atoms. The second kappa shape index (κ2) is 9.06. The van der Waals surface area contributed by atoms with Crippen LogP contribution in [0, 0.1) is 0 Å². The van der Waals surface area contributed by atoms with E-state index in [9.17, 15) is 4.79 Å². The topological polar surface area (TPSA) is 80.3 Å². The summed E-state index contributed by atoms with van der Waals surface area (Å²) in [7, 11) is 0. The summed E-state index contributed by atoms with van der Waals surface area (Å²) in [4.78, 5) is 20.9. The Hall–Kier alpha value is -2.45. The predicted octanol–water partition coefficient (Wildman–Crippen LogP) is 4.38. The van der Waals surface area contributed by atoms with Crippen LogP contribution in [0.2, 0.25) is 5.02 Å². The van der Waals surface area contributed by atoms with Crippen molar-refractivity contribution in [3.05, 3.63) is 34.8 Å². The molecule has 33 heavy (non-hydrogen) atoms. The summed E-state index contributed by atoms with van der Waals surface area (Å²) in [5.74, 6) is 1.88. The number of hydrogen-bond acceptors (Lipinski definition) is 6. The van der Waals surface area contributed by atoms with E-state index in [4.69, 9.17) is 26.2 Å². The number of likely N-dealkylation sites (tertiary alicyclic amines) is 2. The molecule has 2 aliphatic heterocycles. The van der Waals surface area contributed by atoms with Gasteiger partial charge >= 0.3 is 0 Å². The molecule has 0 saturated carbocycles. The number of hydrogen-bond donors (Lipinski definition) is 0. The summed E-state index contributed by atoms with van der Waals surface area (Å²) >= 11 is 6.24. The van der Waals surface area contributed by atoms with E-state index in [1.807, 2.05) is 23.1 Å². The minimum atomic E-state index is 0.188. The van der Waals surface area contributed by atoms with E-state index in [1.165, 1.54) is 0 Å². The molecule has 1 amide bonds. The van der Waals surface area contributed by atoms with Gasteiger partial charge in [-0.15, -0.1) is 0 Å². The van der Waals surface area contributed by atoms with Crippen LogP contribution in [-0.4, -0.2) is 67.8 Å². The van der Waals surface area contributed by atoms with E-state index in [0.29, 0.717) is 22.9 Å². The number of amides is 1. The lowest BCUT2D eigenvalue weighted by Crippen LogP contribution is -2.48. The highest BCUT2D eigenvalue weighted by Crippen LogP contribution is 2.32. The molecule has 176 valence electrons. The van der Waals surface area contributed by atoms with Crippen LogP contribution in [-0.2, 0) is 4.79 Å². The maximum absolute atomic E-state index is 11.6. The Bertz CT molecular complexity index is 1140. The van der Waals surface area contributed by atoms with Crippen molar-refractivity contribution in [2.24, 2.45) is 0 Å². The number of carbonyl (C=O) groups is 1. The first-order valence-corrected chi connectivity index (χ1v) is 12.3. The Morgan fingerprint density at radius 1 is 1.12 bits per heavy atom. The lowest BCUT2D eigenvalue weighted by Gasteiger charge is -2.41. The summed E-state index contributed by atoms with van der Waals surface area (Å²) < 4.78 is 7.48. The van der Waals surface area contributed by atoms with Crippen molar-refractivity contribution >= 4 is 28.4 Å². The fourth-order valence-corrected chi connectivity index (χ4v) is 5.40. The quantitative estimate of drug-likeness (QED) is 0.563. The molecule has 8 nitrogen and oxygen atoms in total. The Morgan fingerprint density at radius 3 is 2.52 bits per heavy atom. The highest BCUT2D eigenvalue weighted by molar-refractivity contribution is 6.31. The molecule has 0 atom stereocenters. The van der Waals surface area contributed by atoms with Crippen molar-refractivity contribution in [3.8, 4) is 5.95 Å². The van der Waals surface area contributed by atoms with Crippen LogP contribution in [0.1, 0.15) is 69.9 Å². The molecule has 1 aromatic carbocycles. The summed E-state index contributed by atoms with van der Waals surface area (Å²) in [5.41, 5.74) is 1.91. The maximum Gasteiger partial charge on any atom is 0.291 e. The van der Waals surface area contributed by atoms with Gasteiger partial charge in [0.25, 0.3) is 5.95 Å². The Morgan fingerprint density at radius 2 is 1.85 bits per heavy atom. The molecule has 9 heteroatoms. The van der Waals surface area contributed by atoms with Gasteiger partial charge in [-0.2, -0.15) is 14.8 Å². The molecule has 0 unspecified atom stereocenters. The number of nitrogens with zero attached hydrogens (tertiary/aromatic N) is 6. The molecule has 4 heterocycles. The van der Waals surface area contributed by atoms with E-state index in [2.05, 4.69) is 23.9 Å². The number of piperidine rings is 2. The molecule has 0 aliphatic carbocycles. The summed E-state index contributed by atoms with van der Waals surface area (Å²) in [6.45, 7) is 9.68. The van der Waals surface area contributed by atoms with Gasteiger partial charge in [0, 0.05) is 42.4 Å². The maximum atomic E-state index is 11.6. The van der Waals surface area contributed by atoms with Gasteiger partial charge in [0.05, 0.1) is 11.2 Å². The Kier molecular flexibility index (Phi) is 6.14. The lowest BCUT2D eigenvalue weighted by atomic mass is 9.93. The second-order valence-electron chi connectivity index (χ2n) is 9.59. The molecule has 0 N–H and O–H groups in total. The third-order valence-corrected chi connectivity index (χ3v) is 7.38. The number of halogens is 1. The molecule has 0 spiro atoms. The predicted molar refractivity (Wildman–Crippen MR) is 127 cm³/mol. The van der Waals surface area contributed by atoms with Crippen LogP contribution in [0.15, 0.2) is 22.7 Å². The number of benzene rings is 1. The number of aromatic nitrogens is 4. The summed E-state index contributed by atoms with van der Waals surface area (Å²) in [5, 5.41) is 10.8. The monoisotopic (exact) mass is 470 g/mol. The van der Waals surface area contributed by atoms with Gasteiger partial charge in [-0.05, 0) is 68.0 Å². The van der Waals surface area contributed by atoms with Gasteiger partial charge in [0.15, 0.2) is 0 Å². The van der Waals surface area contributed by atoms with Crippen molar-refractivity contribution in [1.29, 1.82) is 0 Å². The molecule has 2 aliphatic rings. The van der Waals surface area contributed by atoms with Gasteiger partial charge in [0.1, 0.15) is 0 Å². The number of carbonyl (C=O) groups excluding carboxylic acids is 1. The normalized spacial score (nSPS) is 19.1. The average molecular weight is 471 g/mol. The highest BCUT2D eigenvalue weighted by Gasteiger charge is 2.31. The fourth-order valence-electron chi connectivity index (χ4n) is 5.23. The van der Waals surface area contributed by atoms with Crippen molar-refractivity contribution in [2.75, 3.05) is 26.2 Å². The minimum Gasteiger partial charge on any atom is -0.343 e. The van der Waals surface area contributed by atoms with Crippen molar-refractivity contribution in [3.63, 3.8) is 0 Å². The third kappa shape index (κ3) is 4.38. The van der Waals surface area contributed by atoms with E-state index < -0.39 is 0 Å². The van der Waals surface area contributed by atoms with E-state index in [-0.39, 0.29) is 17.7 Å². The van der Waals surface area contributed by atoms with Crippen LogP contribution >= 0.6 is 11.6 Å². The van der Waals surface area contributed by atoms with Crippen LogP contribution < -0.4 is 0 Å². The minimum absolute atomic E-state index is 0.188. The molecule has 0 radical (unpaired) electrons. The second-order valence-corrected chi connectivity index (χ2v) is 10.0. The van der Waals surface area contributed by atoms with Gasteiger partial charge in [0.2, 0.25) is 11.8 Å². The zero-order chi connectivity index (χ0) is 23.1. The van der Waals surface area contributed by atoms with Crippen LogP contribution in [0.3, 0.4) is 0 Å². The van der Waals surface area contributed by atoms with Crippen LogP contribution in [0.25, 0.3) is 16.9 Å². The fraction of sp³-hybridized carbons (Fsp3) is 0.583. The average Bonchev–Trinajstić information content (AvgIpc) is 3.44. The first-order chi connectivity index (χ1) is 15.9. The van der Waals surface area contributed by atoms with Crippen molar-refractivity contribution < 1.29 is 9.32 Å². The van der Waals surface area contributed by atoms with Gasteiger partial charge in [-0.3, -0.25) is 4.79 Å². The summed E-state index contributed by atoms with van der Waals surface area (Å²) in [6, 6.07) is 6.34. The lowest BCUT2D eigenvalue weighted by molar-refractivity contribution is -0.130. The molecule has 2 fully saturated rings. The van der Waals surface area contributed by atoms with Crippen molar-refractivity contribution in [2.45, 2.75) is 64.3 Å². The SMILES string of the molecule is CC(=O)N1CCC(N2CCC(c3nc(-n4nc(C(C)C)c5cc(Cl)ccc54)no3)CC2)CC1. The highest BCUT2D eigenvalue weighted by atomic mass is 35.5. The van der Waals surface area contributed by atoms with Gasteiger partial charge < -0.3 is 14.3 Å². The van der Waals surface area contributed by atoms with Crippen molar-refractivity contribution in [1.82, 2.24) is 29.7 Å². The number of fused-ring (bicyclic) bond motifs is 1. The van der Waals surface area contributed by atoms with E-state index in [0.717, 1.165) is 68.5 Å². The zero-order valence-corrected chi connectivity index (χ0v) is 20.3. The molecule has 3 aromatic rings. The molecule has 2 aromatic heterocycles. The van der Waals surface area contributed by atoms with Gasteiger partial charge in [-0.1, -0.05) is 25.4 Å². The Balaban J connectivity index is 1.27. The standard InChI is InChI=1S/C24H31ClN6O2/c1-15(2)22-20-14-18(25)4-5-21(20)31(27-22)24-26-23(33-28-24)17-6-10-30(11-7-17)19-8-12-29(13-9-19)16(3)32/h4-5,14-15,17,19H,6-13H2,1-3H3. The summed E-state index contributed by atoms with van der Waals surface area (Å²) in [6.07, 6.45) is 4.12. The van der Waals surface area contributed by atoms with Crippen LogP contribution in [0.5, 0.6) is 0 Å².